The van der Waals surface area contributed by atoms with Crippen molar-refractivity contribution in [3.05, 3.63) is 0 Å². The first-order valence-electron chi connectivity index (χ1n) is 12.0. The van der Waals surface area contributed by atoms with Gasteiger partial charge in [0.1, 0.15) is 0 Å². The molecule has 3 aliphatic rings. The monoisotopic (exact) mass is 573 g/mol. The summed E-state index contributed by atoms with van der Waals surface area (Å²) in [4.78, 5) is 21.5. The molecule has 6 nitrogen and oxygen atoms in total. The maximum absolute atomic E-state index is 13.1. The molecule has 1 aliphatic heterocycles. The average Bonchev–Trinajstić information content (AvgIpc) is 3.28. The van der Waals surface area contributed by atoms with Crippen LogP contribution in [-0.4, -0.2) is 79.7 Å². The van der Waals surface area contributed by atoms with Gasteiger partial charge in [-0.2, -0.15) is 13.2 Å². The van der Waals surface area contributed by atoms with E-state index in [0.717, 1.165) is 52.0 Å². The molecule has 186 valence electrons. The molecule has 2 atom stereocenters. The highest BCUT2D eigenvalue weighted by molar-refractivity contribution is 14.0. The Kier molecular flexibility index (Phi) is 11.3. The lowest BCUT2D eigenvalue weighted by Gasteiger charge is -2.35. The molecule has 0 aromatic rings. The number of amides is 1. The van der Waals surface area contributed by atoms with Crippen LogP contribution in [0.4, 0.5) is 13.2 Å². The molecule has 2 unspecified atom stereocenters. The molecule has 3 rings (SSSR count). The van der Waals surface area contributed by atoms with Crippen LogP contribution in [0, 0.1) is 11.8 Å². The zero-order chi connectivity index (χ0) is 22.3. The Bertz CT molecular complexity index is 605. The number of nitrogens with one attached hydrogen (secondary N) is 2. The van der Waals surface area contributed by atoms with Gasteiger partial charge >= 0.3 is 6.18 Å². The molecule has 1 amide bonds. The van der Waals surface area contributed by atoms with E-state index in [4.69, 9.17) is 0 Å². The van der Waals surface area contributed by atoms with E-state index in [-0.39, 0.29) is 48.8 Å². The largest absolute Gasteiger partial charge is 0.391 e. The van der Waals surface area contributed by atoms with E-state index in [2.05, 4.69) is 20.5 Å². The van der Waals surface area contributed by atoms with Crippen molar-refractivity contribution in [1.29, 1.82) is 0 Å². The van der Waals surface area contributed by atoms with Crippen LogP contribution in [0.3, 0.4) is 0 Å². The van der Waals surface area contributed by atoms with E-state index in [1.165, 1.54) is 12.8 Å². The second-order valence-corrected chi connectivity index (χ2v) is 9.16. The van der Waals surface area contributed by atoms with Gasteiger partial charge in [0.05, 0.1) is 12.5 Å². The van der Waals surface area contributed by atoms with Crippen molar-refractivity contribution in [2.75, 3.05) is 45.8 Å². The number of carbonyl (C=O) groups is 1. The number of nitrogens with zero attached hydrogens (tertiary/aromatic N) is 3. The molecular weight excluding hydrogens is 534 g/mol. The van der Waals surface area contributed by atoms with Gasteiger partial charge in [0.2, 0.25) is 5.91 Å². The molecule has 32 heavy (non-hydrogen) atoms. The predicted molar refractivity (Wildman–Crippen MR) is 131 cm³/mol. The number of rotatable bonds is 6. The molecule has 10 heteroatoms. The lowest BCUT2D eigenvalue weighted by atomic mass is 9.85. The van der Waals surface area contributed by atoms with E-state index >= 15 is 0 Å². The van der Waals surface area contributed by atoms with Crippen LogP contribution in [0.5, 0.6) is 0 Å². The van der Waals surface area contributed by atoms with Crippen molar-refractivity contribution >= 4 is 35.8 Å². The molecule has 0 bridgehead atoms. The van der Waals surface area contributed by atoms with Crippen molar-refractivity contribution in [3.63, 3.8) is 0 Å². The summed E-state index contributed by atoms with van der Waals surface area (Å²) in [5.74, 6) is -0.0460. The zero-order valence-electron chi connectivity index (χ0n) is 19.1. The molecule has 0 spiro atoms. The summed E-state index contributed by atoms with van der Waals surface area (Å²) in [6, 6.07) is -0.191. The molecule has 0 radical (unpaired) electrons. The Morgan fingerprint density at radius 1 is 1.03 bits per heavy atom. The van der Waals surface area contributed by atoms with Gasteiger partial charge in [-0.05, 0) is 39.0 Å². The zero-order valence-corrected chi connectivity index (χ0v) is 21.5. The highest BCUT2D eigenvalue weighted by Crippen LogP contribution is 2.37. The average molecular weight is 573 g/mol. The molecule has 1 saturated heterocycles. The van der Waals surface area contributed by atoms with E-state index in [0.29, 0.717) is 31.4 Å². The molecule has 0 aromatic carbocycles. The number of hydrogen-bond acceptors (Lipinski definition) is 3. The predicted octanol–water partition coefficient (Wildman–Crippen LogP) is 3.62. The van der Waals surface area contributed by atoms with Crippen LogP contribution in [-0.2, 0) is 4.79 Å². The van der Waals surface area contributed by atoms with Gasteiger partial charge in [0.15, 0.2) is 5.96 Å². The number of guanidine groups is 1. The van der Waals surface area contributed by atoms with Crippen molar-refractivity contribution in [3.8, 4) is 0 Å². The third-order valence-corrected chi connectivity index (χ3v) is 6.90. The van der Waals surface area contributed by atoms with E-state index < -0.39 is 12.1 Å². The van der Waals surface area contributed by atoms with Crippen molar-refractivity contribution in [2.24, 2.45) is 16.8 Å². The van der Waals surface area contributed by atoms with Crippen LogP contribution in [0.25, 0.3) is 0 Å². The Balaban J connectivity index is 0.00000363. The summed E-state index contributed by atoms with van der Waals surface area (Å²) in [6.45, 7) is 7.26. The van der Waals surface area contributed by atoms with Crippen LogP contribution >= 0.6 is 24.0 Å². The van der Waals surface area contributed by atoms with Crippen molar-refractivity contribution in [2.45, 2.75) is 70.5 Å². The first-order valence-corrected chi connectivity index (χ1v) is 12.0. The summed E-state index contributed by atoms with van der Waals surface area (Å²) in [7, 11) is 0. The number of carbonyl (C=O) groups excluding carboxylic acids is 1. The third kappa shape index (κ3) is 8.22. The fourth-order valence-electron chi connectivity index (χ4n) is 5.06. The highest BCUT2D eigenvalue weighted by atomic mass is 127. The Labute approximate surface area is 207 Å². The SMILES string of the molecule is CCNC(=NCCN1CCN(C(=O)C2CCCC2)CC1)NC1CCCC(C(F)(F)F)C1.I. The Hall–Kier alpha value is -0.780. The number of aliphatic imine (C=N–C) groups is 1. The van der Waals surface area contributed by atoms with Gasteiger partial charge in [-0.3, -0.25) is 14.7 Å². The highest BCUT2D eigenvalue weighted by Gasteiger charge is 2.42. The molecule has 1 heterocycles. The molecule has 2 aliphatic carbocycles. The normalized spacial score (nSPS) is 26.0. The standard InChI is InChI=1S/C22H38F3N5O.HI/c1-2-26-21(28-19-9-5-8-18(16-19)22(23,24)25)27-10-11-29-12-14-30(15-13-29)20(31)17-6-3-4-7-17;/h17-19H,2-16H2,1H3,(H2,26,27,28);1H. The number of alkyl halides is 3. The molecule has 2 N–H and O–H groups in total. The van der Waals surface area contributed by atoms with Gasteiger partial charge < -0.3 is 15.5 Å². The second-order valence-electron chi connectivity index (χ2n) is 9.16. The van der Waals surface area contributed by atoms with E-state index in [1.807, 2.05) is 11.8 Å². The minimum atomic E-state index is -4.11. The van der Waals surface area contributed by atoms with E-state index in [1.54, 1.807) is 0 Å². The lowest BCUT2D eigenvalue weighted by molar-refractivity contribution is -0.183. The molecule has 2 saturated carbocycles. The van der Waals surface area contributed by atoms with Gasteiger partial charge in [0.25, 0.3) is 0 Å². The maximum Gasteiger partial charge on any atom is 0.391 e. The first kappa shape index (κ1) is 27.5. The quantitative estimate of drug-likeness (QED) is 0.290. The fraction of sp³-hybridized carbons (Fsp3) is 0.909. The molecule has 3 fully saturated rings. The summed E-state index contributed by atoms with van der Waals surface area (Å²) < 4.78 is 39.2. The van der Waals surface area contributed by atoms with Gasteiger partial charge in [0, 0.05) is 51.2 Å². The van der Waals surface area contributed by atoms with Crippen molar-refractivity contribution in [1.82, 2.24) is 20.4 Å². The summed E-state index contributed by atoms with van der Waals surface area (Å²) in [5, 5.41) is 6.38. The van der Waals surface area contributed by atoms with E-state index in [9.17, 15) is 18.0 Å². The summed E-state index contributed by atoms with van der Waals surface area (Å²) >= 11 is 0. The second kappa shape index (κ2) is 13.2. The maximum atomic E-state index is 13.1. The van der Waals surface area contributed by atoms with Crippen LogP contribution < -0.4 is 10.6 Å². The van der Waals surface area contributed by atoms with Crippen LogP contribution in [0.2, 0.25) is 0 Å². The molecule has 0 aromatic heterocycles. The van der Waals surface area contributed by atoms with Crippen molar-refractivity contribution < 1.29 is 18.0 Å². The Morgan fingerprint density at radius 3 is 2.34 bits per heavy atom. The lowest BCUT2D eigenvalue weighted by Crippen LogP contribution is -2.50. The van der Waals surface area contributed by atoms with Crippen LogP contribution in [0.15, 0.2) is 4.99 Å². The number of piperazine rings is 1. The topological polar surface area (TPSA) is 60.0 Å². The van der Waals surface area contributed by atoms with Gasteiger partial charge in [-0.25, -0.2) is 0 Å². The minimum absolute atomic E-state index is 0. The smallest absolute Gasteiger partial charge is 0.357 e. The number of hydrogen-bond donors (Lipinski definition) is 2. The minimum Gasteiger partial charge on any atom is -0.357 e. The van der Waals surface area contributed by atoms with Gasteiger partial charge in [-0.1, -0.05) is 19.3 Å². The first-order chi connectivity index (χ1) is 14.9. The van der Waals surface area contributed by atoms with Crippen LogP contribution in [0.1, 0.15) is 58.3 Å². The molecular formula is C22H39F3IN5O. The fourth-order valence-corrected chi connectivity index (χ4v) is 5.06. The summed E-state index contributed by atoms with van der Waals surface area (Å²) in [5.41, 5.74) is 0. The summed E-state index contributed by atoms with van der Waals surface area (Å²) in [6.07, 6.45) is 1.99. The Morgan fingerprint density at radius 2 is 1.72 bits per heavy atom. The third-order valence-electron chi connectivity index (χ3n) is 6.90. The number of halogens is 4. The van der Waals surface area contributed by atoms with Gasteiger partial charge in [-0.15, -0.1) is 24.0 Å².